The summed E-state index contributed by atoms with van der Waals surface area (Å²) in [6, 6.07) is 0. The third-order valence-corrected chi connectivity index (χ3v) is 11.8. The van der Waals surface area contributed by atoms with Gasteiger partial charge in [0.2, 0.25) is 0 Å². The molecule has 4 atom stereocenters. The first-order chi connectivity index (χ1) is 25.0. The summed E-state index contributed by atoms with van der Waals surface area (Å²) in [5.74, 6) is 1.80. The molecular weight excluding hydrogens is 631 g/mol. The Morgan fingerprint density at radius 3 is 1.10 bits per heavy atom. The average molecular weight is 720 g/mol. The second-order valence-electron chi connectivity index (χ2n) is 16.4. The molecule has 0 aliphatic carbocycles. The van der Waals surface area contributed by atoms with E-state index in [0.717, 1.165) is 95.4 Å². The van der Waals surface area contributed by atoms with Gasteiger partial charge in [-0.3, -0.25) is 9.59 Å². The number of carbonyl (C=O) groups excluding carboxylic acids is 2. The first kappa shape index (κ1) is 47.9. The van der Waals surface area contributed by atoms with Crippen LogP contribution in [-0.4, -0.2) is 49.7 Å². The fourth-order valence-corrected chi connectivity index (χ4v) is 8.28. The van der Waals surface area contributed by atoms with Crippen molar-refractivity contribution in [3.8, 4) is 0 Å². The van der Waals surface area contributed by atoms with Gasteiger partial charge in [0.1, 0.15) is 0 Å². The van der Waals surface area contributed by atoms with E-state index in [1.165, 1.54) is 129 Å². The van der Waals surface area contributed by atoms with E-state index in [1.807, 2.05) is 0 Å². The highest BCUT2D eigenvalue weighted by molar-refractivity contribution is 5.72. The van der Waals surface area contributed by atoms with Crippen LogP contribution in [0, 0.1) is 23.7 Å². The minimum Gasteiger partial charge on any atom is -0.465 e. The Morgan fingerprint density at radius 2 is 0.765 bits per heavy atom. The predicted octanol–water partition coefficient (Wildman–Crippen LogP) is 13.7. The summed E-state index contributed by atoms with van der Waals surface area (Å²) < 4.78 is 11.8. The molecule has 0 amide bonds. The molecule has 0 spiro atoms. The molecule has 302 valence electrons. The maximum Gasteiger partial charge on any atom is 0.308 e. The van der Waals surface area contributed by atoms with E-state index in [9.17, 15) is 9.59 Å². The third-order valence-electron chi connectivity index (χ3n) is 11.8. The third kappa shape index (κ3) is 25.5. The molecule has 4 unspecified atom stereocenters. The smallest absolute Gasteiger partial charge is 0.308 e. The zero-order valence-electron chi connectivity index (χ0n) is 35.1. The highest BCUT2D eigenvalue weighted by atomic mass is 16.5. The SMILES string of the molecule is CCCCCCCCC(CCCCCC)C(=O)OCCCCC1CN(CC)CC1CCCCOC(=O)C(CCCCCC)CCCCCCCC. The van der Waals surface area contributed by atoms with Gasteiger partial charge in [0.25, 0.3) is 0 Å². The van der Waals surface area contributed by atoms with Gasteiger partial charge in [-0.05, 0) is 82.6 Å². The van der Waals surface area contributed by atoms with Crippen LogP contribution in [0.4, 0.5) is 0 Å². The van der Waals surface area contributed by atoms with Crippen molar-refractivity contribution in [2.75, 3.05) is 32.8 Å². The van der Waals surface area contributed by atoms with Gasteiger partial charge in [-0.1, -0.05) is 163 Å². The second-order valence-corrected chi connectivity index (χ2v) is 16.4. The van der Waals surface area contributed by atoms with E-state index < -0.39 is 0 Å². The minimum atomic E-state index is 0.0712. The Bertz CT molecular complexity index is 725. The summed E-state index contributed by atoms with van der Waals surface area (Å²) >= 11 is 0. The molecule has 0 radical (unpaired) electrons. The lowest BCUT2D eigenvalue weighted by Crippen LogP contribution is -2.20. The standard InChI is InChI=1S/C46H89NO4/c1-6-11-15-19-21-25-33-41(31-23-17-13-8-3)45(48)50-37-29-27-35-43-39-47(10-5)40-44(43)36-28-30-38-51-46(49)42(32-24-18-14-9-4)34-26-22-20-16-12-7-2/h41-44H,6-40H2,1-5H3. The molecule has 0 aromatic carbocycles. The van der Waals surface area contributed by atoms with Crippen LogP contribution in [0.15, 0.2) is 0 Å². The molecule has 1 rings (SSSR count). The summed E-state index contributed by atoms with van der Waals surface area (Å²) in [5.41, 5.74) is 0. The number of rotatable bonds is 37. The molecule has 1 saturated heterocycles. The molecular formula is C46H89NO4. The molecule has 0 N–H and O–H groups in total. The number of ether oxygens (including phenoxy) is 2. The Morgan fingerprint density at radius 1 is 0.451 bits per heavy atom. The fourth-order valence-electron chi connectivity index (χ4n) is 8.28. The van der Waals surface area contributed by atoms with E-state index in [1.54, 1.807) is 0 Å². The summed E-state index contributed by atoms with van der Waals surface area (Å²) in [6.45, 7) is 16.0. The maximum atomic E-state index is 13.1. The number of likely N-dealkylation sites (tertiary alicyclic amines) is 1. The van der Waals surface area contributed by atoms with Crippen LogP contribution in [-0.2, 0) is 19.1 Å². The topological polar surface area (TPSA) is 55.8 Å². The molecule has 1 aliphatic heterocycles. The van der Waals surface area contributed by atoms with Crippen molar-refractivity contribution in [1.29, 1.82) is 0 Å². The van der Waals surface area contributed by atoms with Crippen LogP contribution in [0.3, 0.4) is 0 Å². The van der Waals surface area contributed by atoms with Crippen molar-refractivity contribution in [2.24, 2.45) is 23.7 Å². The quantitative estimate of drug-likeness (QED) is 0.0472. The Labute approximate surface area is 318 Å². The van der Waals surface area contributed by atoms with E-state index in [0.29, 0.717) is 13.2 Å². The molecule has 0 aromatic rings. The highest BCUT2D eigenvalue weighted by Gasteiger charge is 2.31. The zero-order chi connectivity index (χ0) is 37.2. The molecule has 1 fully saturated rings. The number of hydrogen-bond donors (Lipinski definition) is 0. The average Bonchev–Trinajstić information content (AvgIpc) is 3.54. The van der Waals surface area contributed by atoms with E-state index in [-0.39, 0.29) is 23.8 Å². The van der Waals surface area contributed by atoms with Gasteiger partial charge < -0.3 is 14.4 Å². The summed E-state index contributed by atoms with van der Waals surface area (Å²) in [5, 5.41) is 0. The van der Waals surface area contributed by atoms with Crippen LogP contribution in [0.25, 0.3) is 0 Å². The number of hydrogen-bond acceptors (Lipinski definition) is 5. The minimum absolute atomic E-state index is 0.0712. The van der Waals surface area contributed by atoms with Gasteiger partial charge in [0.15, 0.2) is 0 Å². The van der Waals surface area contributed by atoms with Crippen molar-refractivity contribution in [3.05, 3.63) is 0 Å². The first-order valence-electron chi connectivity index (χ1n) is 23.1. The Kier molecular flexibility index (Phi) is 32.6. The van der Waals surface area contributed by atoms with Gasteiger partial charge in [0.05, 0.1) is 25.0 Å². The van der Waals surface area contributed by atoms with E-state index in [2.05, 4.69) is 39.5 Å². The number of esters is 2. The normalized spacial score (nSPS) is 17.5. The summed E-state index contributed by atoms with van der Waals surface area (Å²) in [4.78, 5) is 28.8. The molecule has 0 saturated carbocycles. The molecule has 1 aliphatic rings. The number of unbranched alkanes of at least 4 members (excludes halogenated alkanes) is 18. The van der Waals surface area contributed by atoms with Crippen molar-refractivity contribution >= 4 is 11.9 Å². The van der Waals surface area contributed by atoms with Crippen molar-refractivity contribution < 1.29 is 19.1 Å². The second kappa shape index (κ2) is 34.7. The molecule has 5 heteroatoms. The van der Waals surface area contributed by atoms with Gasteiger partial charge in [-0.25, -0.2) is 0 Å². The lowest BCUT2D eigenvalue weighted by molar-refractivity contribution is -0.150. The summed E-state index contributed by atoms with van der Waals surface area (Å²) in [7, 11) is 0. The van der Waals surface area contributed by atoms with E-state index in [4.69, 9.17) is 9.47 Å². The Hall–Kier alpha value is -1.10. The maximum absolute atomic E-state index is 13.1. The van der Waals surface area contributed by atoms with Gasteiger partial charge in [-0.2, -0.15) is 0 Å². The van der Waals surface area contributed by atoms with Gasteiger partial charge >= 0.3 is 11.9 Å². The molecule has 0 aromatic heterocycles. The highest BCUT2D eigenvalue weighted by Crippen LogP contribution is 2.32. The number of carbonyl (C=O) groups is 2. The molecule has 51 heavy (non-hydrogen) atoms. The van der Waals surface area contributed by atoms with E-state index >= 15 is 0 Å². The predicted molar refractivity (Wildman–Crippen MR) is 219 cm³/mol. The monoisotopic (exact) mass is 720 g/mol. The first-order valence-corrected chi connectivity index (χ1v) is 23.1. The van der Waals surface area contributed by atoms with Crippen LogP contribution >= 0.6 is 0 Å². The van der Waals surface area contributed by atoms with Crippen molar-refractivity contribution in [2.45, 2.75) is 227 Å². The van der Waals surface area contributed by atoms with Crippen LogP contribution < -0.4 is 0 Å². The lowest BCUT2D eigenvalue weighted by Gasteiger charge is -2.19. The van der Waals surface area contributed by atoms with Crippen LogP contribution in [0.5, 0.6) is 0 Å². The lowest BCUT2D eigenvalue weighted by atomic mass is 9.87. The van der Waals surface area contributed by atoms with Crippen molar-refractivity contribution in [3.63, 3.8) is 0 Å². The molecule has 1 heterocycles. The fraction of sp³-hybridized carbons (Fsp3) is 0.957. The van der Waals surface area contributed by atoms with Gasteiger partial charge in [-0.15, -0.1) is 0 Å². The van der Waals surface area contributed by atoms with Crippen molar-refractivity contribution in [1.82, 2.24) is 4.90 Å². The largest absolute Gasteiger partial charge is 0.465 e. The molecule has 5 nitrogen and oxygen atoms in total. The number of nitrogens with zero attached hydrogens (tertiary/aromatic N) is 1. The zero-order valence-corrected chi connectivity index (χ0v) is 35.1. The summed E-state index contributed by atoms with van der Waals surface area (Å²) in [6.07, 6.45) is 35.8. The van der Waals surface area contributed by atoms with Gasteiger partial charge in [0, 0.05) is 13.1 Å². The Balaban J connectivity index is 2.40. The van der Waals surface area contributed by atoms with Crippen LogP contribution in [0.2, 0.25) is 0 Å². The molecule has 0 bridgehead atoms. The van der Waals surface area contributed by atoms with Crippen LogP contribution in [0.1, 0.15) is 227 Å².